The molecule has 0 aliphatic heterocycles. The van der Waals surface area contributed by atoms with Crippen LogP contribution in [0.3, 0.4) is 0 Å². The third-order valence-electron chi connectivity index (χ3n) is 3.99. The van der Waals surface area contributed by atoms with Crippen LogP contribution in [0, 0.1) is 0 Å². The summed E-state index contributed by atoms with van der Waals surface area (Å²) in [7, 11) is 0. The SMILES string of the molecule is CC(C)(C)c1ccc(C(O)CNC(=O)c2ccc(NC=O)cc2)cc1. The molecule has 0 fully saturated rings. The first-order valence-electron chi connectivity index (χ1n) is 8.18. The Balaban J connectivity index is 1.93. The summed E-state index contributed by atoms with van der Waals surface area (Å²) >= 11 is 0. The molecule has 0 aliphatic rings. The molecule has 2 aromatic carbocycles. The second-order valence-electron chi connectivity index (χ2n) is 6.94. The van der Waals surface area contributed by atoms with Gasteiger partial charge in [0.25, 0.3) is 5.91 Å². The summed E-state index contributed by atoms with van der Waals surface area (Å²) < 4.78 is 0. The molecule has 0 saturated heterocycles. The number of carbonyl (C=O) groups is 2. The molecule has 5 nitrogen and oxygen atoms in total. The predicted octanol–water partition coefficient (Wildman–Crippen LogP) is 3.02. The molecule has 1 atom stereocenters. The second-order valence-corrected chi connectivity index (χ2v) is 6.94. The highest BCUT2D eigenvalue weighted by Gasteiger charge is 2.15. The van der Waals surface area contributed by atoms with Gasteiger partial charge in [0.2, 0.25) is 6.41 Å². The van der Waals surface area contributed by atoms with Gasteiger partial charge < -0.3 is 15.7 Å². The summed E-state index contributed by atoms with van der Waals surface area (Å²) in [5.41, 5.74) is 3.09. The van der Waals surface area contributed by atoms with Gasteiger partial charge in [-0.1, -0.05) is 45.0 Å². The van der Waals surface area contributed by atoms with Crippen LogP contribution in [0.25, 0.3) is 0 Å². The van der Waals surface area contributed by atoms with Crippen LogP contribution >= 0.6 is 0 Å². The fourth-order valence-electron chi connectivity index (χ4n) is 2.40. The van der Waals surface area contributed by atoms with Gasteiger partial charge in [-0.15, -0.1) is 0 Å². The maximum atomic E-state index is 12.1. The fourth-order valence-corrected chi connectivity index (χ4v) is 2.40. The van der Waals surface area contributed by atoms with Crippen LogP contribution in [0.5, 0.6) is 0 Å². The number of anilines is 1. The molecule has 0 bridgehead atoms. The number of hydrogen-bond acceptors (Lipinski definition) is 3. The van der Waals surface area contributed by atoms with E-state index in [1.54, 1.807) is 24.3 Å². The highest BCUT2D eigenvalue weighted by Crippen LogP contribution is 2.23. The first kappa shape index (κ1) is 18.7. The van der Waals surface area contributed by atoms with Crippen molar-refractivity contribution in [3.05, 3.63) is 65.2 Å². The zero-order valence-corrected chi connectivity index (χ0v) is 14.7. The average molecular weight is 340 g/mol. The van der Waals surface area contributed by atoms with E-state index in [9.17, 15) is 14.7 Å². The lowest BCUT2D eigenvalue weighted by Gasteiger charge is -2.20. The van der Waals surface area contributed by atoms with Gasteiger partial charge in [0.05, 0.1) is 6.10 Å². The van der Waals surface area contributed by atoms with E-state index in [0.29, 0.717) is 17.7 Å². The van der Waals surface area contributed by atoms with E-state index in [4.69, 9.17) is 0 Å². The van der Waals surface area contributed by atoms with Crippen molar-refractivity contribution in [2.24, 2.45) is 0 Å². The summed E-state index contributed by atoms with van der Waals surface area (Å²) in [5.74, 6) is -0.275. The minimum Gasteiger partial charge on any atom is -0.387 e. The number of hydrogen-bond donors (Lipinski definition) is 3. The normalized spacial score (nSPS) is 12.3. The monoisotopic (exact) mass is 340 g/mol. The van der Waals surface area contributed by atoms with Crippen LogP contribution in [-0.4, -0.2) is 24.0 Å². The molecule has 2 rings (SSSR count). The molecular formula is C20H24N2O3. The van der Waals surface area contributed by atoms with Gasteiger partial charge in [-0.2, -0.15) is 0 Å². The highest BCUT2D eigenvalue weighted by atomic mass is 16.3. The Kier molecular flexibility index (Phi) is 5.93. The largest absolute Gasteiger partial charge is 0.387 e. The van der Waals surface area contributed by atoms with E-state index in [-0.39, 0.29) is 17.9 Å². The van der Waals surface area contributed by atoms with Crippen molar-refractivity contribution in [1.82, 2.24) is 5.32 Å². The Bertz CT molecular complexity index is 716. The molecule has 25 heavy (non-hydrogen) atoms. The van der Waals surface area contributed by atoms with Crippen molar-refractivity contribution in [1.29, 1.82) is 0 Å². The maximum absolute atomic E-state index is 12.1. The number of rotatable bonds is 6. The number of amides is 2. The van der Waals surface area contributed by atoms with Gasteiger partial charge in [0, 0.05) is 17.8 Å². The smallest absolute Gasteiger partial charge is 0.251 e. The minimum absolute atomic E-state index is 0.0581. The third kappa shape index (κ3) is 5.16. The Morgan fingerprint density at radius 1 is 1.08 bits per heavy atom. The lowest BCUT2D eigenvalue weighted by Crippen LogP contribution is -2.28. The van der Waals surface area contributed by atoms with Gasteiger partial charge >= 0.3 is 0 Å². The van der Waals surface area contributed by atoms with Crippen molar-refractivity contribution in [2.45, 2.75) is 32.3 Å². The van der Waals surface area contributed by atoms with Crippen molar-refractivity contribution in [3.63, 3.8) is 0 Å². The Hall–Kier alpha value is -2.66. The number of carbonyl (C=O) groups excluding carboxylic acids is 2. The molecule has 0 aliphatic carbocycles. The van der Waals surface area contributed by atoms with Gasteiger partial charge in [0.1, 0.15) is 0 Å². The average Bonchev–Trinajstić information content (AvgIpc) is 2.59. The van der Waals surface area contributed by atoms with Gasteiger partial charge in [-0.05, 0) is 40.8 Å². The quantitative estimate of drug-likeness (QED) is 0.707. The summed E-state index contributed by atoms with van der Waals surface area (Å²) in [6.07, 6.45) is -0.190. The topological polar surface area (TPSA) is 78.4 Å². The van der Waals surface area contributed by atoms with E-state index in [1.807, 2.05) is 24.3 Å². The molecule has 3 N–H and O–H groups in total. The van der Waals surface area contributed by atoms with Crippen LogP contribution in [0.4, 0.5) is 5.69 Å². The summed E-state index contributed by atoms with van der Waals surface area (Å²) in [6, 6.07) is 14.3. The van der Waals surface area contributed by atoms with E-state index < -0.39 is 6.10 Å². The number of aliphatic hydroxyl groups is 1. The minimum atomic E-state index is -0.769. The summed E-state index contributed by atoms with van der Waals surface area (Å²) in [4.78, 5) is 22.5. The summed E-state index contributed by atoms with van der Waals surface area (Å²) in [6.45, 7) is 6.53. The van der Waals surface area contributed by atoms with Crippen molar-refractivity contribution >= 4 is 18.0 Å². The molecule has 1 unspecified atom stereocenters. The molecule has 2 aromatic rings. The maximum Gasteiger partial charge on any atom is 0.251 e. The highest BCUT2D eigenvalue weighted by molar-refractivity contribution is 5.94. The van der Waals surface area contributed by atoms with Gasteiger partial charge in [0.15, 0.2) is 0 Å². The second kappa shape index (κ2) is 7.94. The lowest BCUT2D eigenvalue weighted by molar-refractivity contribution is -0.105. The van der Waals surface area contributed by atoms with Crippen LogP contribution < -0.4 is 10.6 Å². The van der Waals surface area contributed by atoms with E-state index in [0.717, 1.165) is 5.56 Å². The molecule has 0 radical (unpaired) electrons. The van der Waals surface area contributed by atoms with E-state index in [2.05, 4.69) is 31.4 Å². The first-order chi connectivity index (χ1) is 11.8. The zero-order chi connectivity index (χ0) is 18.4. The lowest BCUT2D eigenvalue weighted by atomic mass is 9.86. The Labute approximate surface area is 148 Å². The van der Waals surface area contributed by atoms with Gasteiger partial charge in [-0.3, -0.25) is 9.59 Å². The Morgan fingerprint density at radius 3 is 2.20 bits per heavy atom. The van der Waals surface area contributed by atoms with Crippen molar-refractivity contribution in [3.8, 4) is 0 Å². The first-order valence-corrected chi connectivity index (χ1v) is 8.18. The van der Waals surface area contributed by atoms with Crippen LogP contribution in [0.1, 0.15) is 48.4 Å². The van der Waals surface area contributed by atoms with Crippen molar-refractivity contribution < 1.29 is 14.7 Å². The van der Waals surface area contributed by atoms with Gasteiger partial charge in [-0.25, -0.2) is 0 Å². The molecular weight excluding hydrogens is 316 g/mol. The van der Waals surface area contributed by atoms with Crippen molar-refractivity contribution in [2.75, 3.05) is 11.9 Å². The Morgan fingerprint density at radius 2 is 1.68 bits per heavy atom. The fraction of sp³-hybridized carbons (Fsp3) is 0.300. The number of aliphatic hydroxyl groups excluding tert-OH is 1. The van der Waals surface area contributed by atoms with E-state index in [1.165, 1.54) is 5.56 Å². The van der Waals surface area contributed by atoms with Crippen LogP contribution in [0.15, 0.2) is 48.5 Å². The van der Waals surface area contributed by atoms with Crippen LogP contribution in [0.2, 0.25) is 0 Å². The molecule has 0 spiro atoms. The molecule has 132 valence electrons. The molecule has 2 amide bonds. The molecule has 0 aromatic heterocycles. The third-order valence-corrected chi connectivity index (χ3v) is 3.99. The molecule has 0 heterocycles. The molecule has 0 saturated carbocycles. The number of nitrogens with one attached hydrogen (secondary N) is 2. The zero-order valence-electron chi connectivity index (χ0n) is 14.7. The standard InChI is InChI=1S/C20H24N2O3/c1-20(2,3)16-8-4-14(5-9-16)18(24)12-21-19(25)15-6-10-17(11-7-15)22-13-23/h4-11,13,18,24H,12H2,1-3H3,(H,21,25)(H,22,23). The predicted molar refractivity (Wildman–Crippen MR) is 98.6 cm³/mol. The molecule has 5 heteroatoms. The number of benzene rings is 2. The van der Waals surface area contributed by atoms with E-state index >= 15 is 0 Å². The summed E-state index contributed by atoms with van der Waals surface area (Å²) in [5, 5.41) is 15.5. The van der Waals surface area contributed by atoms with Crippen LogP contribution in [-0.2, 0) is 10.2 Å².